The fourth-order valence-corrected chi connectivity index (χ4v) is 3.15. The Labute approximate surface area is 113 Å². The lowest BCUT2D eigenvalue weighted by Gasteiger charge is -2.29. The number of rotatable bonds is 4. The Bertz CT molecular complexity index is 549. The van der Waals surface area contributed by atoms with Crippen molar-refractivity contribution >= 4 is 10.0 Å². The molecule has 1 atom stereocenters. The summed E-state index contributed by atoms with van der Waals surface area (Å²) in [6.07, 6.45) is 0. The zero-order valence-electron chi connectivity index (χ0n) is 11.6. The van der Waals surface area contributed by atoms with Crippen molar-refractivity contribution in [1.82, 2.24) is 4.72 Å². The monoisotopic (exact) mass is 289 g/mol. The molecule has 0 unspecified atom stereocenters. The first kappa shape index (κ1) is 16.1. The second-order valence-electron chi connectivity index (χ2n) is 5.61. The van der Waals surface area contributed by atoms with Gasteiger partial charge in [-0.3, -0.25) is 0 Å². The average molecular weight is 289 g/mol. The van der Waals surface area contributed by atoms with Gasteiger partial charge in [-0.05, 0) is 24.0 Å². The molecule has 0 saturated heterocycles. The normalized spacial score (nSPS) is 14.4. The number of nitrogens with one attached hydrogen (secondary N) is 1. The van der Waals surface area contributed by atoms with Crippen LogP contribution in [0.1, 0.15) is 26.3 Å². The molecular weight excluding hydrogens is 269 g/mol. The van der Waals surface area contributed by atoms with Crippen LogP contribution in [-0.4, -0.2) is 26.2 Å². The minimum Gasteiger partial charge on any atom is -0.395 e. The Morgan fingerprint density at radius 2 is 1.95 bits per heavy atom. The van der Waals surface area contributed by atoms with Gasteiger partial charge in [0.1, 0.15) is 10.7 Å². The van der Waals surface area contributed by atoms with Gasteiger partial charge in [-0.2, -0.15) is 0 Å². The van der Waals surface area contributed by atoms with Gasteiger partial charge in [0, 0.05) is 6.04 Å². The van der Waals surface area contributed by atoms with Crippen LogP contribution in [0.15, 0.2) is 23.1 Å². The Morgan fingerprint density at radius 1 is 1.37 bits per heavy atom. The van der Waals surface area contributed by atoms with Crippen LogP contribution in [-0.2, 0) is 10.0 Å². The lowest BCUT2D eigenvalue weighted by molar-refractivity contribution is 0.177. The van der Waals surface area contributed by atoms with E-state index in [1.54, 1.807) is 20.8 Å². The maximum absolute atomic E-state index is 13.9. The molecule has 0 aliphatic rings. The van der Waals surface area contributed by atoms with Crippen molar-refractivity contribution in [1.29, 1.82) is 0 Å². The van der Waals surface area contributed by atoms with Crippen LogP contribution >= 0.6 is 0 Å². The van der Waals surface area contributed by atoms with Crippen LogP contribution in [0.2, 0.25) is 0 Å². The molecular formula is C13H20FNO3S. The molecule has 1 aromatic carbocycles. The molecule has 19 heavy (non-hydrogen) atoms. The van der Waals surface area contributed by atoms with E-state index in [9.17, 15) is 17.9 Å². The van der Waals surface area contributed by atoms with E-state index in [1.807, 2.05) is 0 Å². The van der Waals surface area contributed by atoms with E-state index < -0.39 is 32.2 Å². The molecule has 1 aromatic rings. The van der Waals surface area contributed by atoms with E-state index in [0.717, 1.165) is 0 Å². The van der Waals surface area contributed by atoms with Gasteiger partial charge in [0.2, 0.25) is 10.0 Å². The van der Waals surface area contributed by atoms with Crippen LogP contribution in [0.4, 0.5) is 4.39 Å². The van der Waals surface area contributed by atoms with E-state index in [0.29, 0.717) is 0 Å². The number of hydrogen-bond acceptors (Lipinski definition) is 3. The highest BCUT2D eigenvalue weighted by atomic mass is 32.2. The predicted octanol–water partition coefficient (Wildman–Crippen LogP) is 1.82. The number of benzene rings is 1. The molecule has 108 valence electrons. The second kappa shape index (κ2) is 5.56. The SMILES string of the molecule is Cc1cccc(S(=O)(=O)N[C@H](CO)C(C)(C)C)c1F. The fraction of sp³-hybridized carbons (Fsp3) is 0.538. The summed E-state index contributed by atoms with van der Waals surface area (Å²) in [4.78, 5) is -0.393. The molecule has 6 heteroatoms. The lowest BCUT2D eigenvalue weighted by Crippen LogP contribution is -2.46. The summed E-state index contributed by atoms with van der Waals surface area (Å²) < 4.78 is 40.5. The van der Waals surface area contributed by atoms with Crippen LogP contribution in [0.3, 0.4) is 0 Å². The molecule has 0 aliphatic carbocycles. The molecule has 0 fully saturated rings. The highest BCUT2D eigenvalue weighted by Gasteiger charge is 2.30. The van der Waals surface area contributed by atoms with Gasteiger partial charge in [0.25, 0.3) is 0 Å². The summed E-state index contributed by atoms with van der Waals surface area (Å²) in [7, 11) is -3.99. The van der Waals surface area contributed by atoms with Crippen molar-refractivity contribution in [2.24, 2.45) is 5.41 Å². The Balaban J connectivity index is 3.15. The average Bonchev–Trinajstić information content (AvgIpc) is 2.28. The molecule has 1 rings (SSSR count). The Hall–Kier alpha value is -0.980. The van der Waals surface area contributed by atoms with Crippen molar-refractivity contribution < 1.29 is 17.9 Å². The van der Waals surface area contributed by atoms with Crippen molar-refractivity contribution in [2.75, 3.05) is 6.61 Å². The van der Waals surface area contributed by atoms with Crippen molar-refractivity contribution in [2.45, 2.75) is 38.6 Å². The summed E-state index contributed by atoms with van der Waals surface area (Å²) in [5.41, 5.74) is -0.207. The highest BCUT2D eigenvalue weighted by molar-refractivity contribution is 7.89. The summed E-state index contributed by atoms with van der Waals surface area (Å²) in [6, 6.07) is 3.51. The molecule has 0 bridgehead atoms. The molecule has 0 radical (unpaired) electrons. The molecule has 0 saturated carbocycles. The first-order valence-corrected chi connectivity index (χ1v) is 7.46. The van der Waals surface area contributed by atoms with Crippen LogP contribution in [0.5, 0.6) is 0 Å². The third-order valence-electron chi connectivity index (χ3n) is 2.97. The van der Waals surface area contributed by atoms with Gasteiger partial charge in [0.15, 0.2) is 0 Å². The summed E-state index contributed by atoms with van der Waals surface area (Å²) in [5.74, 6) is -0.763. The van der Waals surface area contributed by atoms with E-state index in [4.69, 9.17) is 0 Å². The highest BCUT2D eigenvalue weighted by Crippen LogP contribution is 2.23. The van der Waals surface area contributed by atoms with Crippen LogP contribution < -0.4 is 4.72 Å². The lowest BCUT2D eigenvalue weighted by atomic mass is 9.88. The zero-order chi connectivity index (χ0) is 14.8. The molecule has 0 heterocycles. The van der Waals surface area contributed by atoms with Crippen molar-refractivity contribution in [3.8, 4) is 0 Å². The number of halogens is 1. The molecule has 0 aromatic heterocycles. The maximum Gasteiger partial charge on any atom is 0.243 e. The zero-order valence-corrected chi connectivity index (χ0v) is 12.4. The maximum atomic E-state index is 13.9. The van der Waals surface area contributed by atoms with E-state index in [2.05, 4.69) is 4.72 Å². The summed E-state index contributed by atoms with van der Waals surface area (Å²) >= 11 is 0. The summed E-state index contributed by atoms with van der Waals surface area (Å²) in [6.45, 7) is 6.53. The smallest absolute Gasteiger partial charge is 0.243 e. The van der Waals surface area contributed by atoms with Gasteiger partial charge in [-0.25, -0.2) is 17.5 Å². The fourth-order valence-electron chi connectivity index (χ4n) is 1.57. The van der Waals surface area contributed by atoms with Crippen LogP contribution in [0.25, 0.3) is 0 Å². The minimum atomic E-state index is -3.99. The molecule has 2 N–H and O–H groups in total. The first-order valence-electron chi connectivity index (χ1n) is 5.98. The number of hydrogen-bond donors (Lipinski definition) is 2. The second-order valence-corrected chi connectivity index (χ2v) is 7.29. The molecule has 0 aliphatic heterocycles. The van der Waals surface area contributed by atoms with Gasteiger partial charge < -0.3 is 5.11 Å². The largest absolute Gasteiger partial charge is 0.395 e. The van der Waals surface area contributed by atoms with Crippen molar-refractivity contribution in [3.63, 3.8) is 0 Å². The van der Waals surface area contributed by atoms with E-state index in [1.165, 1.54) is 25.1 Å². The molecule has 4 nitrogen and oxygen atoms in total. The standard InChI is InChI=1S/C13H20FNO3S/c1-9-6-5-7-10(12(9)14)19(17,18)15-11(8-16)13(2,3)4/h5-7,11,15-16H,8H2,1-4H3/t11-/m1/s1. The van der Waals surface area contributed by atoms with E-state index >= 15 is 0 Å². The minimum absolute atomic E-state index is 0.263. The third-order valence-corrected chi connectivity index (χ3v) is 4.46. The first-order chi connectivity index (χ1) is 8.59. The van der Waals surface area contributed by atoms with E-state index in [-0.39, 0.29) is 12.2 Å². The number of sulfonamides is 1. The van der Waals surface area contributed by atoms with Gasteiger partial charge in [-0.1, -0.05) is 32.9 Å². The molecule has 0 amide bonds. The molecule has 0 spiro atoms. The number of aryl methyl sites for hydroxylation is 1. The van der Waals surface area contributed by atoms with Gasteiger partial charge >= 0.3 is 0 Å². The Kier molecular flexibility index (Phi) is 4.71. The quantitative estimate of drug-likeness (QED) is 0.888. The Morgan fingerprint density at radius 3 is 2.42 bits per heavy atom. The van der Waals surface area contributed by atoms with Gasteiger partial charge in [0.05, 0.1) is 6.61 Å². The topological polar surface area (TPSA) is 66.4 Å². The predicted molar refractivity (Wildman–Crippen MR) is 71.8 cm³/mol. The number of aliphatic hydroxyl groups is 1. The number of aliphatic hydroxyl groups excluding tert-OH is 1. The van der Waals surface area contributed by atoms with Crippen LogP contribution in [0, 0.1) is 18.2 Å². The summed E-state index contributed by atoms with van der Waals surface area (Å²) in [5, 5.41) is 9.28. The van der Waals surface area contributed by atoms with Gasteiger partial charge in [-0.15, -0.1) is 0 Å². The third kappa shape index (κ3) is 3.75. The van der Waals surface area contributed by atoms with Crippen molar-refractivity contribution in [3.05, 3.63) is 29.6 Å².